The number of carbonyl (C=O) groups excluding carboxylic acids is 1. The minimum absolute atomic E-state index is 0.0553. The van der Waals surface area contributed by atoms with Gasteiger partial charge in [0, 0.05) is 57.6 Å². The van der Waals surface area contributed by atoms with Crippen molar-refractivity contribution in [2.24, 2.45) is 5.92 Å². The molecule has 1 spiro atoms. The number of pyridine rings is 1. The van der Waals surface area contributed by atoms with Gasteiger partial charge < -0.3 is 9.64 Å². The third kappa shape index (κ3) is 3.18. The minimum Gasteiger partial charge on any atom is -0.378 e. The molecule has 3 aliphatic heterocycles. The number of nitrogens with zero attached hydrogens (tertiary/aromatic N) is 4. The average molecular weight is 344 g/mol. The highest BCUT2D eigenvalue weighted by Crippen LogP contribution is 2.36. The van der Waals surface area contributed by atoms with Gasteiger partial charge in [-0.1, -0.05) is 19.9 Å². The van der Waals surface area contributed by atoms with Gasteiger partial charge in [-0.25, -0.2) is 0 Å². The predicted molar refractivity (Wildman–Crippen MR) is 95.0 cm³/mol. The fourth-order valence-electron chi connectivity index (χ4n) is 4.66. The third-order valence-corrected chi connectivity index (χ3v) is 5.72. The highest BCUT2D eigenvalue weighted by atomic mass is 16.5. The molecule has 1 atom stereocenters. The first-order chi connectivity index (χ1) is 12.1. The Bertz CT molecular complexity index is 615. The zero-order valence-corrected chi connectivity index (χ0v) is 15.2. The Morgan fingerprint density at radius 1 is 1.40 bits per heavy atom. The zero-order chi connectivity index (χ0) is 17.4. The van der Waals surface area contributed by atoms with E-state index in [9.17, 15) is 4.79 Å². The van der Waals surface area contributed by atoms with E-state index in [1.165, 1.54) is 5.56 Å². The van der Waals surface area contributed by atoms with Crippen LogP contribution in [0.2, 0.25) is 0 Å². The topological polar surface area (TPSA) is 48.9 Å². The smallest absolute Gasteiger partial charge is 0.225 e. The molecule has 0 bridgehead atoms. The Morgan fingerprint density at radius 3 is 2.96 bits per heavy atom. The number of carbonyl (C=O) groups is 1. The molecule has 3 fully saturated rings. The summed E-state index contributed by atoms with van der Waals surface area (Å²) in [5, 5.41) is 0. The number of hydrogen-bond acceptors (Lipinski definition) is 5. The number of rotatable bonds is 3. The number of likely N-dealkylation sites (tertiary alicyclic amines) is 1. The van der Waals surface area contributed by atoms with Gasteiger partial charge in [0.05, 0.1) is 24.8 Å². The van der Waals surface area contributed by atoms with Gasteiger partial charge in [-0.3, -0.25) is 19.6 Å². The van der Waals surface area contributed by atoms with Crippen LogP contribution < -0.4 is 0 Å². The first-order valence-electron chi connectivity index (χ1n) is 9.32. The molecule has 0 radical (unpaired) electrons. The number of hydrogen-bond donors (Lipinski definition) is 0. The molecule has 1 aromatic rings. The van der Waals surface area contributed by atoms with E-state index in [4.69, 9.17) is 4.74 Å². The van der Waals surface area contributed by atoms with Gasteiger partial charge in [0.1, 0.15) is 0 Å². The summed E-state index contributed by atoms with van der Waals surface area (Å²) in [7, 11) is 0. The van der Waals surface area contributed by atoms with Crippen LogP contribution in [-0.2, 0) is 16.1 Å². The molecule has 1 aromatic heterocycles. The van der Waals surface area contributed by atoms with Crippen molar-refractivity contribution in [3.63, 3.8) is 0 Å². The first-order valence-corrected chi connectivity index (χ1v) is 9.32. The largest absolute Gasteiger partial charge is 0.378 e. The number of aromatic nitrogens is 1. The molecule has 3 aliphatic rings. The maximum Gasteiger partial charge on any atom is 0.225 e. The Kier molecular flexibility index (Phi) is 4.52. The van der Waals surface area contributed by atoms with Crippen LogP contribution in [-0.4, -0.2) is 83.1 Å². The molecule has 6 nitrogen and oxygen atoms in total. The van der Waals surface area contributed by atoms with Crippen LogP contribution in [0.4, 0.5) is 0 Å². The second-order valence-corrected chi connectivity index (χ2v) is 8.03. The molecule has 0 saturated carbocycles. The lowest BCUT2D eigenvalue weighted by Crippen LogP contribution is -2.80. The van der Waals surface area contributed by atoms with Crippen molar-refractivity contribution in [3.05, 3.63) is 30.1 Å². The van der Waals surface area contributed by atoms with Gasteiger partial charge in [-0.15, -0.1) is 0 Å². The van der Waals surface area contributed by atoms with Gasteiger partial charge >= 0.3 is 0 Å². The molecule has 0 N–H and O–H groups in total. The maximum absolute atomic E-state index is 12.6. The highest BCUT2D eigenvalue weighted by molar-refractivity contribution is 5.78. The number of piperazine rings is 1. The summed E-state index contributed by atoms with van der Waals surface area (Å²) in [6, 6.07) is 4.46. The molecule has 0 aromatic carbocycles. The lowest BCUT2D eigenvalue weighted by Gasteiger charge is -2.63. The molecular weight excluding hydrogens is 316 g/mol. The Morgan fingerprint density at radius 2 is 2.24 bits per heavy atom. The summed E-state index contributed by atoms with van der Waals surface area (Å²) in [5.74, 6) is 0.329. The quantitative estimate of drug-likeness (QED) is 0.813. The molecule has 0 aliphatic carbocycles. The number of amides is 1. The van der Waals surface area contributed by atoms with E-state index in [1.807, 2.05) is 32.3 Å². The minimum atomic E-state index is 0.0553. The highest BCUT2D eigenvalue weighted by Gasteiger charge is 2.54. The van der Waals surface area contributed by atoms with Crippen molar-refractivity contribution in [2.75, 3.05) is 45.9 Å². The summed E-state index contributed by atoms with van der Waals surface area (Å²) in [4.78, 5) is 24.0. The van der Waals surface area contributed by atoms with E-state index in [0.717, 1.165) is 52.5 Å². The summed E-state index contributed by atoms with van der Waals surface area (Å²) in [6.07, 6.45) is 3.76. The number of fused-ring (bicyclic) bond motifs is 2. The molecule has 4 rings (SSSR count). The normalized spacial score (nSPS) is 26.5. The van der Waals surface area contributed by atoms with Crippen LogP contribution in [0.1, 0.15) is 19.4 Å². The molecule has 25 heavy (non-hydrogen) atoms. The van der Waals surface area contributed by atoms with Gasteiger partial charge in [-0.05, 0) is 11.6 Å². The first kappa shape index (κ1) is 16.9. The third-order valence-electron chi connectivity index (χ3n) is 5.72. The maximum atomic E-state index is 12.6. The van der Waals surface area contributed by atoms with Crippen molar-refractivity contribution < 1.29 is 9.53 Å². The lowest BCUT2D eigenvalue weighted by atomic mass is 9.82. The van der Waals surface area contributed by atoms with Crippen molar-refractivity contribution >= 4 is 5.91 Å². The van der Waals surface area contributed by atoms with Crippen molar-refractivity contribution in [1.29, 1.82) is 0 Å². The second-order valence-electron chi connectivity index (χ2n) is 8.03. The van der Waals surface area contributed by atoms with Crippen LogP contribution in [0.15, 0.2) is 24.5 Å². The molecule has 4 heterocycles. The molecule has 6 heteroatoms. The van der Waals surface area contributed by atoms with Crippen LogP contribution in [0, 0.1) is 5.92 Å². The number of morpholine rings is 1. The predicted octanol–water partition coefficient (Wildman–Crippen LogP) is 0.835. The fraction of sp³-hybridized carbons (Fsp3) is 0.684. The van der Waals surface area contributed by atoms with Crippen LogP contribution >= 0.6 is 0 Å². The standard InChI is InChI=1S/C19H28N4O2/c1-15(2)18(24)22-10-17-11-25-7-6-23(17)19(14-22)12-21(13-19)9-16-4-3-5-20-8-16/h3-5,8,15,17H,6-7,9-14H2,1-2H3/t17-/m1/s1. The van der Waals surface area contributed by atoms with Crippen LogP contribution in [0.3, 0.4) is 0 Å². The fourth-order valence-corrected chi connectivity index (χ4v) is 4.66. The Balaban J connectivity index is 1.47. The average Bonchev–Trinajstić information content (AvgIpc) is 2.60. The van der Waals surface area contributed by atoms with E-state index in [0.29, 0.717) is 6.04 Å². The van der Waals surface area contributed by atoms with Crippen LogP contribution in [0.25, 0.3) is 0 Å². The van der Waals surface area contributed by atoms with Crippen LogP contribution in [0.5, 0.6) is 0 Å². The van der Waals surface area contributed by atoms with Crippen molar-refractivity contribution in [1.82, 2.24) is 19.7 Å². The van der Waals surface area contributed by atoms with E-state index in [2.05, 4.69) is 25.8 Å². The number of ether oxygens (including phenoxy) is 1. The van der Waals surface area contributed by atoms with Gasteiger partial charge in [-0.2, -0.15) is 0 Å². The second kappa shape index (κ2) is 6.67. The molecule has 0 unspecified atom stereocenters. The van der Waals surface area contributed by atoms with E-state index < -0.39 is 0 Å². The Labute approximate surface area is 149 Å². The van der Waals surface area contributed by atoms with E-state index in [-0.39, 0.29) is 17.4 Å². The molecule has 1 amide bonds. The summed E-state index contributed by atoms with van der Waals surface area (Å²) in [6.45, 7) is 11.1. The summed E-state index contributed by atoms with van der Waals surface area (Å²) in [5.41, 5.74) is 1.35. The van der Waals surface area contributed by atoms with Gasteiger partial charge in [0.25, 0.3) is 0 Å². The summed E-state index contributed by atoms with van der Waals surface area (Å²) < 4.78 is 5.71. The van der Waals surface area contributed by atoms with Crippen molar-refractivity contribution in [2.45, 2.75) is 32.0 Å². The zero-order valence-electron chi connectivity index (χ0n) is 15.2. The molecule has 136 valence electrons. The lowest BCUT2D eigenvalue weighted by molar-refractivity contribution is -0.177. The molecular formula is C19H28N4O2. The van der Waals surface area contributed by atoms with Crippen molar-refractivity contribution in [3.8, 4) is 0 Å². The summed E-state index contributed by atoms with van der Waals surface area (Å²) >= 11 is 0. The molecule has 3 saturated heterocycles. The van der Waals surface area contributed by atoms with Gasteiger partial charge in [0.15, 0.2) is 0 Å². The Hall–Kier alpha value is -1.50. The SMILES string of the molecule is CC(C)C(=O)N1C[C@@H]2COCCN2C2(CN(Cc3cccnc3)C2)C1. The van der Waals surface area contributed by atoms with E-state index in [1.54, 1.807) is 0 Å². The monoisotopic (exact) mass is 344 g/mol. The van der Waals surface area contributed by atoms with Gasteiger partial charge in [0.2, 0.25) is 5.91 Å². The van der Waals surface area contributed by atoms with E-state index >= 15 is 0 Å².